The second-order valence-electron chi connectivity index (χ2n) is 25.3. The van der Waals surface area contributed by atoms with Crippen LogP contribution < -0.4 is 5.32 Å². The van der Waals surface area contributed by atoms with Crippen molar-refractivity contribution in [3.05, 3.63) is 12.2 Å². The van der Waals surface area contributed by atoms with E-state index >= 15 is 0 Å². The van der Waals surface area contributed by atoms with E-state index in [2.05, 4.69) is 31.3 Å². The van der Waals surface area contributed by atoms with Crippen LogP contribution in [0.1, 0.15) is 418 Å². The molecular formula is C73H143NO5. The van der Waals surface area contributed by atoms with Gasteiger partial charge in [-0.05, 0) is 51.4 Å². The van der Waals surface area contributed by atoms with Crippen LogP contribution in [0.4, 0.5) is 0 Å². The molecule has 0 spiro atoms. The number of amides is 1. The van der Waals surface area contributed by atoms with Crippen molar-refractivity contribution in [1.82, 2.24) is 5.32 Å². The van der Waals surface area contributed by atoms with Gasteiger partial charge in [-0.3, -0.25) is 9.59 Å². The number of carbonyl (C=O) groups is 2. The topological polar surface area (TPSA) is 95.9 Å². The molecule has 0 heterocycles. The van der Waals surface area contributed by atoms with Crippen LogP contribution in [0.2, 0.25) is 0 Å². The lowest BCUT2D eigenvalue weighted by molar-refractivity contribution is -0.143. The van der Waals surface area contributed by atoms with E-state index in [4.69, 9.17) is 4.74 Å². The maximum Gasteiger partial charge on any atom is 0.305 e. The zero-order chi connectivity index (χ0) is 57.1. The van der Waals surface area contributed by atoms with E-state index in [9.17, 15) is 19.8 Å². The average Bonchev–Trinajstić information content (AvgIpc) is 3.45. The Kier molecular flexibility index (Phi) is 67.9. The largest absolute Gasteiger partial charge is 0.466 e. The van der Waals surface area contributed by atoms with Crippen LogP contribution in [0.25, 0.3) is 0 Å². The summed E-state index contributed by atoms with van der Waals surface area (Å²) in [7, 11) is 0. The Morgan fingerprint density at radius 1 is 0.342 bits per heavy atom. The third-order valence-electron chi connectivity index (χ3n) is 17.3. The highest BCUT2D eigenvalue weighted by atomic mass is 16.5. The maximum atomic E-state index is 12.5. The fourth-order valence-corrected chi connectivity index (χ4v) is 11.8. The van der Waals surface area contributed by atoms with Crippen molar-refractivity contribution >= 4 is 11.9 Å². The van der Waals surface area contributed by atoms with E-state index in [1.807, 2.05) is 0 Å². The van der Waals surface area contributed by atoms with Gasteiger partial charge >= 0.3 is 5.97 Å². The molecule has 0 saturated heterocycles. The van der Waals surface area contributed by atoms with Crippen molar-refractivity contribution in [2.45, 2.75) is 431 Å². The Bertz CT molecular complexity index is 1190. The van der Waals surface area contributed by atoms with Gasteiger partial charge in [-0.15, -0.1) is 0 Å². The molecule has 0 aromatic rings. The number of carbonyl (C=O) groups excluding carboxylic acids is 2. The molecule has 6 heteroatoms. The van der Waals surface area contributed by atoms with Crippen LogP contribution in [0.15, 0.2) is 12.2 Å². The molecule has 0 radical (unpaired) electrons. The average molecular weight is 1110 g/mol. The van der Waals surface area contributed by atoms with Gasteiger partial charge in [0.1, 0.15) is 0 Å². The van der Waals surface area contributed by atoms with E-state index in [1.165, 1.54) is 347 Å². The SMILES string of the molecule is CCCCCCCCCCCCCCCCCC(=O)OCCCCCCCCCCCCCCCC/C=C\CCCCCCCCCCCCCCCCCCCC(=O)NC(CO)C(O)CCCCCCCCCCCCCC. The number of allylic oxidation sites excluding steroid dienone is 2. The number of aliphatic hydroxyl groups is 2. The summed E-state index contributed by atoms with van der Waals surface area (Å²) in [4.78, 5) is 24.6. The van der Waals surface area contributed by atoms with Crippen molar-refractivity contribution in [3.63, 3.8) is 0 Å². The van der Waals surface area contributed by atoms with Crippen LogP contribution in [-0.4, -0.2) is 47.4 Å². The summed E-state index contributed by atoms with van der Waals surface area (Å²) in [5, 5.41) is 23.3. The normalized spacial score (nSPS) is 12.5. The Hall–Kier alpha value is -1.40. The van der Waals surface area contributed by atoms with Crippen molar-refractivity contribution in [2.24, 2.45) is 0 Å². The first-order valence-electron chi connectivity index (χ1n) is 36.4. The summed E-state index contributed by atoms with van der Waals surface area (Å²) in [6, 6.07) is -0.537. The molecule has 0 fully saturated rings. The monoisotopic (exact) mass is 1110 g/mol. The van der Waals surface area contributed by atoms with E-state index in [1.54, 1.807) is 0 Å². The molecule has 2 unspecified atom stereocenters. The molecule has 0 aliphatic carbocycles. The smallest absolute Gasteiger partial charge is 0.305 e. The molecule has 79 heavy (non-hydrogen) atoms. The van der Waals surface area contributed by atoms with Gasteiger partial charge in [0.2, 0.25) is 5.91 Å². The number of rotatable bonds is 69. The second-order valence-corrected chi connectivity index (χ2v) is 25.3. The number of aliphatic hydroxyl groups excluding tert-OH is 2. The lowest BCUT2D eigenvalue weighted by Gasteiger charge is -2.22. The van der Waals surface area contributed by atoms with E-state index < -0.39 is 12.1 Å². The zero-order valence-electron chi connectivity index (χ0n) is 53.9. The van der Waals surface area contributed by atoms with Crippen molar-refractivity contribution in [1.29, 1.82) is 0 Å². The van der Waals surface area contributed by atoms with Crippen molar-refractivity contribution < 1.29 is 24.5 Å². The maximum absolute atomic E-state index is 12.5. The van der Waals surface area contributed by atoms with E-state index in [-0.39, 0.29) is 18.5 Å². The van der Waals surface area contributed by atoms with Crippen LogP contribution in [0.5, 0.6) is 0 Å². The predicted octanol–water partition coefficient (Wildman–Crippen LogP) is 23.5. The van der Waals surface area contributed by atoms with Gasteiger partial charge in [0.05, 0.1) is 25.4 Å². The van der Waals surface area contributed by atoms with Gasteiger partial charge in [0, 0.05) is 12.8 Å². The highest BCUT2D eigenvalue weighted by Crippen LogP contribution is 2.19. The molecule has 0 aliphatic heterocycles. The molecule has 0 rings (SSSR count). The first-order chi connectivity index (χ1) is 39.0. The summed E-state index contributed by atoms with van der Waals surface area (Å²) in [5.41, 5.74) is 0. The number of unbranched alkanes of at least 4 members (excludes halogenated alkanes) is 56. The second kappa shape index (κ2) is 69.1. The van der Waals surface area contributed by atoms with Gasteiger partial charge in [0.15, 0.2) is 0 Å². The Morgan fingerprint density at radius 3 is 0.899 bits per heavy atom. The summed E-state index contributed by atoms with van der Waals surface area (Å²) < 4.78 is 5.50. The summed E-state index contributed by atoms with van der Waals surface area (Å²) in [6.07, 6.45) is 85.7. The van der Waals surface area contributed by atoms with Crippen LogP contribution in [0, 0.1) is 0 Å². The molecular weight excluding hydrogens is 971 g/mol. The molecule has 1 amide bonds. The zero-order valence-corrected chi connectivity index (χ0v) is 53.9. The molecule has 470 valence electrons. The van der Waals surface area contributed by atoms with E-state index in [0.29, 0.717) is 25.9 Å². The highest BCUT2D eigenvalue weighted by molar-refractivity contribution is 5.76. The minimum Gasteiger partial charge on any atom is -0.466 e. The summed E-state index contributed by atoms with van der Waals surface area (Å²) >= 11 is 0. The summed E-state index contributed by atoms with van der Waals surface area (Å²) in [6.45, 7) is 4.99. The van der Waals surface area contributed by atoms with Crippen molar-refractivity contribution in [2.75, 3.05) is 13.2 Å². The minimum absolute atomic E-state index is 0.0240. The lowest BCUT2D eigenvalue weighted by Crippen LogP contribution is -2.45. The van der Waals surface area contributed by atoms with Crippen LogP contribution >= 0.6 is 0 Å². The Balaban J connectivity index is 3.31. The minimum atomic E-state index is -0.660. The van der Waals surface area contributed by atoms with Gasteiger partial charge in [0.25, 0.3) is 0 Å². The summed E-state index contributed by atoms with van der Waals surface area (Å²) in [5.74, 6) is -0.00536. The lowest BCUT2D eigenvalue weighted by atomic mass is 10.0. The third kappa shape index (κ3) is 65.6. The number of hydrogen-bond donors (Lipinski definition) is 3. The molecule has 0 aromatic carbocycles. The molecule has 0 bridgehead atoms. The number of hydrogen-bond acceptors (Lipinski definition) is 5. The number of esters is 1. The van der Waals surface area contributed by atoms with Gasteiger partial charge in [-0.25, -0.2) is 0 Å². The van der Waals surface area contributed by atoms with Gasteiger partial charge < -0.3 is 20.3 Å². The number of nitrogens with one attached hydrogen (secondary N) is 1. The van der Waals surface area contributed by atoms with E-state index in [0.717, 1.165) is 38.5 Å². The van der Waals surface area contributed by atoms with Crippen LogP contribution in [-0.2, 0) is 14.3 Å². The molecule has 6 nitrogen and oxygen atoms in total. The highest BCUT2D eigenvalue weighted by Gasteiger charge is 2.20. The van der Waals surface area contributed by atoms with Gasteiger partial charge in [-0.2, -0.15) is 0 Å². The molecule has 2 atom stereocenters. The van der Waals surface area contributed by atoms with Crippen LogP contribution in [0.3, 0.4) is 0 Å². The molecule has 3 N–H and O–H groups in total. The van der Waals surface area contributed by atoms with Crippen molar-refractivity contribution in [3.8, 4) is 0 Å². The fraction of sp³-hybridized carbons (Fsp3) is 0.945. The molecule has 0 saturated carbocycles. The fourth-order valence-electron chi connectivity index (χ4n) is 11.8. The first kappa shape index (κ1) is 77.6. The predicted molar refractivity (Wildman–Crippen MR) is 347 cm³/mol. The van der Waals surface area contributed by atoms with Gasteiger partial charge in [-0.1, -0.05) is 366 Å². The quantitative estimate of drug-likeness (QED) is 0.0320. The Labute approximate surface area is 495 Å². The number of ether oxygens (including phenoxy) is 1. The third-order valence-corrected chi connectivity index (χ3v) is 17.3. The molecule has 0 aliphatic rings. The molecule has 0 aromatic heterocycles. The standard InChI is InChI=1S/C73H143NO5/c1-3-5-7-9-11-13-15-17-39-43-47-51-55-59-63-67-73(78)79-68-64-60-56-52-48-44-41-38-36-34-32-30-28-26-24-22-20-18-19-21-23-25-27-29-31-33-35-37-40-42-46-50-54-58-62-66-72(77)74-70(69-75)71(76)65-61-57-53-49-45-16-14-12-10-8-6-4-2/h20,22,70-71,75-76H,3-19,21,23-69H2,1-2H3,(H,74,77)/b22-20-. The first-order valence-corrected chi connectivity index (χ1v) is 36.4. The Morgan fingerprint density at radius 2 is 0.595 bits per heavy atom.